The fourth-order valence-corrected chi connectivity index (χ4v) is 3.61. The number of amides is 1. The van der Waals surface area contributed by atoms with Gasteiger partial charge in [-0.2, -0.15) is 0 Å². The van der Waals surface area contributed by atoms with Crippen molar-refractivity contribution in [1.29, 1.82) is 0 Å². The number of H-pyrrole nitrogens is 1. The van der Waals surface area contributed by atoms with Crippen LogP contribution in [0.25, 0.3) is 0 Å². The van der Waals surface area contributed by atoms with Crippen molar-refractivity contribution in [3.8, 4) is 5.75 Å². The van der Waals surface area contributed by atoms with Gasteiger partial charge in [0.25, 0.3) is 11.5 Å². The molecule has 1 aromatic carbocycles. The number of aromatic amines is 1. The standard InChI is InChI=1S/C15H13ClF2N2O3S/c16-12-13(24-20-14(12)21)15(22)19-10-2-1-3-11(10)23-9-5-7(17)4-8(18)6-9/h4-6,10-11H,1-3H2,(H,19,22)(H,20,21)/t10-,11+/m0/s1. The Morgan fingerprint density at radius 1 is 1.29 bits per heavy atom. The predicted molar refractivity (Wildman–Crippen MR) is 85.8 cm³/mol. The molecule has 1 heterocycles. The molecule has 0 aliphatic heterocycles. The van der Waals surface area contributed by atoms with E-state index in [0.29, 0.717) is 12.8 Å². The van der Waals surface area contributed by atoms with Gasteiger partial charge in [-0.3, -0.25) is 14.0 Å². The number of ether oxygens (including phenoxy) is 1. The van der Waals surface area contributed by atoms with Crippen molar-refractivity contribution in [2.45, 2.75) is 31.4 Å². The van der Waals surface area contributed by atoms with Gasteiger partial charge in [-0.1, -0.05) is 23.1 Å². The van der Waals surface area contributed by atoms with Crippen molar-refractivity contribution in [2.24, 2.45) is 0 Å². The van der Waals surface area contributed by atoms with Crippen LogP contribution in [0.15, 0.2) is 23.0 Å². The largest absolute Gasteiger partial charge is 0.488 e. The molecule has 1 saturated carbocycles. The van der Waals surface area contributed by atoms with Crippen molar-refractivity contribution < 1.29 is 18.3 Å². The minimum atomic E-state index is -0.729. The Kier molecular flexibility index (Phi) is 4.86. The minimum Gasteiger partial charge on any atom is -0.488 e. The molecule has 0 radical (unpaired) electrons. The van der Waals surface area contributed by atoms with Gasteiger partial charge in [-0.05, 0) is 19.3 Å². The van der Waals surface area contributed by atoms with Crippen molar-refractivity contribution >= 4 is 29.0 Å². The smallest absolute Gasteiger partial charge is 0.277 e. The minimum absolute atomic E-state index is 0.0722. The molecular formula is C15H13ClF2N2O3S. The van der Waals surface area contributed by atoms with E-state index in [1.165, 1.54) is 0 Å². The number of carbonyl (C=O) groups is 1. The van der Waals surface area contributed by atoms with Gasteiger partial charge in [0, 0.05) is 18.2 Å². The molecule has 0 unspecified atom stereocenters. The Hall–Kier alpha value is -1.93. The lowest BCUT2D eigenvalue weighted by atomic mass is 10.2. The van der Waals surface area contributed by atoms with Crippen LogP contribution in [0.2, 0.25) is 5.02 Å². The maximum Gasteiger partial charge on any atom is 0.277 e. The third-order valence-corrected chi connectivity index (χ3v) is 5.10. The van der Waals surface area contributed by atoms with Crippen LogP contribution in [0.4, 0.5) is 8.78 Å². The second-order valence-electron chi connectivity index (χ2n) is 5.45. The molecule has 128 valence electrons. The fourth-order valence-electron chi connectivity index (χ4n) is 2.67. The summed E-state index contributed by atoms with van der Waals surface area (Å²) in [4.78, 5) is 23.6. The van der Waals surface area contributed by atoms with Crippen LogP contribution in [-0.2, 0) is 0 Å². The summed E-state index contributed by atoms with van der Waals surface area (Å²) in [6.07, 6.45) is 1.68. The highest BCUT2D eigenvalue weighted by atomic mass is 35.5. The van der Waals surface area contributed by atoms with Gasteiger partial charge in [0.05, 0.1) is 6.04 Å². The van der Waals surface area contributed by atoms with Crippen LogP contribution >= 0.6 is 23.1 Å². The first-order valence-electron chi connectivity index (χ1n) is 7.24. The summed E-state index contributed by atoms with van der Waals surface area (Å²) in [6, 6.07) is 2.61. The van der Waals surface area contributed by atoms with Crippen LogP contribution in [0.1, 0.15) is 28.9 Å². The third-order valence-electron chi connectivity index (χ3n) is 3.74. The monoisotopic (exact) mass is 374 g/mol. The molecule has 2 N–H and O–H groups in total. The molecule has 9 heteroatoms. The molecule has 0 bridgehead atoms. The van der Waals surface area contributed by atoms with Crippen molar-refractivity contribution in [3.05, 3.63) is 50.1 Å². The first-order chi connectivity index (χ1) is 11.4. The van der Waals surface area contributed by atoms with Gasteiger partial charge >= 0.3 is 0 Å². The van der Waals surface area contributed by atoms with Crippen molar-refractivity contribution in [3.63, 3.8) is 0 Å². The molecule has 1 aromatic heterocycles. The Morgan fingerprint density at radius 2 is 2.00 bits per heavy atom. The van der Waals surface area contributed by atoms with Crippen LogP contribution in [-0.4, -0.2) is 22.4 Å². The normalized spacial score (nSPS) is 20.1. The van der Waals surface area contributed by atoms with E-state index in [0.717, 1.165) is 36.2 Å². The zero-order valence-corrected chi connectivity index (χ0v) is 13.8. The maximum absolute atomic E-state index is 13.2. The van der Waals surface area contributed by atoms with Crippen molar-refractivity contribution in [1.82, 2.24) is 9.69 Å². The molecule has 1 amide bonds. The number of aromatic nitrogens is 1. The molecule has 2 aromatic rings. The Labute approximate surface area is 144 Å². The van der Waals surface area contributed by atoms with E-state index in [-0.39, 0.29) is 21.7 Å². The summed E-state index contributed by atoms with van der Waals surface area (Å²) in [5.74, 6) is -1.86. The summed E-state index contributed by atoms with van der Waals surface area (Å²) in [6.45, 7) is 0. The Morgan fingerprint density at radius 3 is 2.62 bits per heavy atom. The van der Waals surface area contributed by atoms with E-state index in [2.05, 4.69) is 9.69 Å². The predicted octanol–water partition coefficient (Wildman–Crippen LogP) is 3.10. The van der Waals surface area contributed by atoms with Crippen LogP contribution < -0.4 is 15.6 Å². The summed E-state index contributed by atoms with van der Waals surface area (Å²) < 4.78 is 34.5. The summed E-state index contributed by atoms with van der Waals surface area (Å²) >= 11 is 6.64. The highest BCUT2D eigenvalue weighted by Crippen LogP contribution is 2.26. The van der Waals surface area contributed by atoms with Gasteiger partial charge in [0.2, 0.25) is 0 Å². The number of nitrogens with one attached hydrogen (secondary N) is 2. The zero-order chi connectivity index (χ0) is 17.3. The molecule has 24 heavy (non-hydrogen) atoms. The van der Waals surface area contributed by atoms with E-state index in [9.17, 15) is 18.4 Å². The number of hydrogen-bond donors (Lipinski definition) is 2. The van der Waals surface area contributed by atoms with E-state index in [1.54, 1.807) is 0 Å². The van der Waals surface area contributed by atoms with Crippen molar-refractivity contribution in [2.75, 3.05) is 0 Å². The third kappa shape index (κ3) is 3.59. The number of benzene rings is 1. The van der Waals surface area contributed by atoms with Gasteiger partial charge in [0.1, 0.15) is 33.4 Å². The van der Waals surface area contributed by atoms with E-state index >= 15 is 0 Å². The second kappa shape index (κ2) is 6.90. The van der Waals surface area contributed by atoms with E-state index in [4.69, 9.17) is 16.3 Å². The van der Waals surface area contributed by atoms with Gasteiger partial charge in [-0.25, -0.2) is 8.78 Å². The highest BCUT2D eigenvalue weighted by molar-refractivity contribution is 7.08. The summed E-state index contributed by atoms with van der Waals surface area (Å²) in [5, 5.41) is 2.61. The van der Waals surface area contributed by atoms with Gasteiger partial charge < -0.3 is 10.1 Å². The van der Waals surface area contributed by atoms with Crippen LogP contribution in [0.3, 0.4) is 0 Å². The molecule has 2 atom stereocenters. The lowest BCUT2D eigenvalue weighted by molar-refractivity contribution is 0.0897. The zero-order valence-electron chi connectivity index (χ0n) is 12.3. The van der Waals surface area contributed by atoms with Gasteiger partial charge in [0.15, 0.2) is 0 Å². The van der Waals surface area contributed by atoms with E-state index < -0.39 is 29.2 Å². The Bertz CT molecular complexity index is 803. The molecule has 1 aliphatic carbocycles. The number of halogens is 3. The summed E-state index contributed by atoms with van der Waals surface area (Å²) in [7, 11) is 0. The second-order valence-corrected chi connectivity index (χ2v) is 6.64. The average Bonchev–Trinajstić information content (AvgIpc) is 3.06. The van der Waals surface area contributed by atoms with Crippen LogP contribution in [0, 0.1) is 11.6 Å². The molecule has 5 nitrogen and oxygen atoms in total. The quantitative estimate of drug-likeness (QED) is 0.863. The molecule has 1 fully saturated rings. The SMILES string of the molecule is O=C(N[C@H]1CCC[C@H]1Oc1cc(F)cc(F)c1)c1s[nH]c(=O)c1Cl. The lowest BCUT2D eigenvalue weighted by Gasteiger charge is -2.22. The van der Waals surface area contributed by atoms with Gasteiger partial charge in [-0.15, -0.1) is 0 Å². The topological polar surface area (TPSA) is 71.2 Å². The Balaban J connectivity index is 1.70. The average molecular weight is 375 g/mol. The highest BCUT2D eigenvalue weighted by Gasteiger charge is 2.31. The fraction of sp³-hybridized carbons (Fsp3) is 0.333. The summed E-state index contributed by atoms with van der Waals surface area (Å²) in [5.41, 5.74) is -0.513. The molecule has 3 rings (SSSR count). The van der Waals surface area contributed by atoms with Crippen LogP contribution in [0.5, 0.6) is 5.75 Å². The number of hydrogen-bond acceptors (Lipinski definition) is 4. The molecule has 1 aliphatic rings. The first-order valence-corrected chi connectivity index (χ1v) is 8.44. The first kappa shape index (κ1) is 16.9. The number of carbonyl (C=O) groups excluding carboxylic acids is 1. The molecule has 0 spiro atoms. The van der Waals surface area contributed by atoms with E-state index in [1.807, 2.05) is 0 Å². The lowest BCUT2D eigenvalue weighted by Crippen LogP contribution is -2.42. The molecular weight excluding hydrogens is 362 g/mol. The maximum atomic E-state index is 13.2. The molecule has 0 saturated heterocycles. The number of rotatable bonds is 4.